The van der Waals surface area contributed by atoms with Crippen LogP contribution in [0.2, 0.25) is 0 Å². The van der Waals surface area contributed by atoms with E-state index in [1.54, 1.807) is 7.11 Å². The van der Waals surface area contributed by atoms with Gasteiger partial charge in [-0.05, 0) is 31.0 Å². The van der Waals surface area contributed by atoms with Crippen LogP contribution in [0.25, 0.3) is 0 Å². The molecule has 0 amide bonds. The SMILES string of the molecule is CCC[C@H](N)c1ccc(OC)c(OCC)c1. The van der Waals surface area contributed by atoms with Gasteiger partial charge in [-0.25, -0.2) is 0 Å². The van der Waals surface area contributed by atoms with E-state index in [9.17, 15) is 0 Å². The van der Waals surface area contributed by atoms with Gasteiger partial charge in [-0.2, -0.15) is 0 Å². The summed E-state index contributed by atoms with van der Waals surface area (Å²) in [4.78, 5) is 0. The normalized spacial score (nSPS) is 12.2. The molecule has 1 rings (SSSR count). The second-order valence-electron chi connectivity index (χ2n) is 3.74. The van der Waals surface area contributed by atoms with Crippen molar-refractivity contribution in [2.45, 2.75) is 32.7 Å². The number of rotatable bonds is 6. The summed E-state index contributed by atoms with van der Waals surface area (Å²) < 4.78 is 10.7. The van der Waals surface area contributed by atoms with Gasteiger partial charge in [0.05, 0.1) is 13.7 Å². The van der Waals surface area contributed by atoms with Crippen molar-refractivity contribution in [2.24, 2.45) is 5.73 Å². The standard InChI is InChI=1S/C13H21NO2/c1-4-6-11(14)10-7-8-12(15-3)13(9-10)16-5-2/h7-9,11H,4-6,14H2,1-3H3/t11-/m0/s1. The smallest absolute Gasteiger partial charge is 0.161 e. The van der Waals surface area contributed by atoms with Gasteiger partial charge in [0.15, 0.2) is 11.5 Å². The third kappa shape index (κ3) is 3.14. The highest BCUT2D eigenvalue weighted by Crippen LogP contribution is 2.30. The van der Waals surface area contributed by atoms with Gasteiger partial charge >= 0.3 is 0 Å². The highest BCUT2D eigenvalue weighted by Gasteiger charge is 2.09. The molecule has 16 heavy (non-hydrogen) atoms. The maximum Gasteiger partial charge on any atom is 0.161 e. The van der Waals surface area contributed by atoms with E-state index in [0.717, 1.165) is 29.9 Å². The van der Waals surface area contributed by atoms with Crippen LogP contribution in [-0.2, 0) is 0 Å². The summed E-state index contributed by atoms with van der Waals surface area (Å²) in [5, 5.41) is 0. The Balaban J connectivity index is 2.91. The quantitative estimate of drug-likeness (QED) is 0.806. The monoisotopic (exact) mass is 223 g/mol. The molecule has 0 heterocycles. The Bertz CT molecular complexity index is 326. The molecule has 0 aromatic heterocycles. The van der Waals surface area contributed by atoms with Crippen molar-refractivity contribution in [3.63, 3.8) is 0 Å². The van der Waals surface area contributed by atoms with Crippen LogP contribution in [0.5, 0.6) is 11.5 Å². The number of benzene rings is 1. The molecule has 0 aliphatic carbocycles. The van der Waals surface area contributed by atoms with Gasteiger partial charge < -0.3 is 15.2 Å². The Morgan fingerprint density at radius 2 is 2.00 bits per heavy atom. The maximum absolute atomic E-state index is 6.07. The summed E-state index contributed by atoms with van der Waals surface area (Å²) in [5.74, 6) is 1.53. The molecule has 0 radical (unpaired) electrons. The molecule has 0 spiro atoms. The van der Waals surface area contributed by atoms with Crippen molar-refractivity contribution in [1.29, 1.82) is 0 Å². The highest BCUT2D eigenvalue weighted by atomic mass is 16.5. The van der Waals surface area contributed by atoms with Crippen LogP contribution in [0.4, 0.5) is 0 Å². The molecular weight excluding hydrogens is 202 g/mol. The minimum atomic E-state index is 0.0788. The highest BCUT2D eigenvalue weighted by molar-refractivity contribution is 5.43. The van der Waals surface area contributed by atoms with Crippen LogP contribution in [0.1, 0.15) is 38.3 Å². The minimum absolute atomic E-state index is 0.0788. The Hall–Kier alpha value is -1.22. The molecule has 0 aliphatic heterocycles. The first-order chi connectivity index (χ1) is 7.72. The molecule has 0 saturated heterocycles. The van der Waals surface area contributed by atoms with Gasteiger partial charge in [0.2, 0.25) is 0 Å². The molecule has 0 saturated carbocycles. The van der Waals surface area contributed by atoms with Crippen LogP contribution in [-0.4, -0.2) is 13.7 Å². The molecule has 0 aliphatic rings. The first kappa shape index (κ1) is 12.8. The Labute approximate surface area is 97.6 Å². The lowest BCUT2D eigenvalue weighted by atomic mass is 10.0. The van der Waals surface area contributed by atoms with Gasteiger partial charge in [0.1, 0.15) is 0 Å². The first-order valence-electron chi connectivity index (χ1n) is 5.79. The van der Waals surface area contributed by atoms with Crippen LogP contribution >= 0.6 is 0 Å². The molecule has 0 bridgehead atoms. The average Bonchev–Trinajstić information content (AvgIpc) is 2.29. The zero-order valence-corrected chi connectivity index (χ0v) is 10.3. The van der Waals surface area contributed by atoms with Crippen LogP contribution in [0, 0.1) is 0 Å². The molecule has 90 valence electrons. The van der Waals surface area contributed by atoms with E-state index < -0.39 is 0 Å². The van der Waals surface area contributed by atoms with E-state index >= 15 is 0 Å². The molecule has 1 aromatic carbocycles. The van der Waals surface area contributed by atoms with E-state index in [1.165, 1.54) is 0 Å². The fraction of sp³-hybridized carbons (Fsp3) is 0.538. The summed E-state index contributed by atoms with van der Waals surface area (Å²) in [6.07, 6.45) is 2.06. The topological polar surface area (TPSA) is 44.5 Å². The van der Waals surface area contributed by atoms with E-state index in [2.05, 4.69) is 6.92 Å². The second-order valence-corrected chi connectivity index (χ2v) is 3.74. The van der Waals surface area contributed by atoms with E-state index in [-0.39, 0.29) is 6.04 Å². The molecule has 0 fully saturated rings. The van der Waals surface area contributed by atoms with Crippen LogP contribution in [0.15, 0.2) is 18.2 Å². The lowest BCUT2D eigenvalue weighted by molar-refractivity contribution is 0.310. The summed E-state index contributed by atoms with van der Waals surface area (Å²) in [5.41, 5.74) is 7.17. The predicted molar refractivity (Wildman–Crippen MR) is 66.0 cm³/mol. The Morgan fingerprint density at radius 1 is 1.25 bits per heavy atom. The van der Waals surface area contributed by atoms with Crippen molar-refractivity contribution in [1.82, 2.24) is 0 Å². The molecular formula is C13H21NO2. The number of nitrogens with two attached hydrogens (primary N) is 1. The van der Waals surface area contributed by atoms with Gasteiger partial charge in [-0.1, -0.05) is 19.4 Å². The second kappa shape index (κ2) is 6.38. The van der Waals surface area contributed by atoms with Crippen molar-refractivity contribution >= 4 is 0 Å². The van der Waals surface area contributed by atoms with Crippen molar-refractivity contribution in [3.8, 4) is 11.5 Å². The largest absolute Gasteiger partial charge is 0.493 e. The molecule has 3 nitrogen and oxygen atoms in total. The summed E-state index contributed by atoms with van der Waals surface area (Å²) in [6.45, 7) is 4.72. The van der Waals surface area contributed by atoms with Crippen LogP contribution < -0.4 is 15.2 Å². The third-order valence-electron chi connectivity index (χ3n) is 2.52. The zero-order chi connectivity index (χ0) is 12.0. The number of methoxy groups -OCH3 is 1. The van der Waals surface area contributed by atoms with E-state index in [0.29, 0.717) is 6.61 Å². The lowest BCUT2D eigenvalue weighted by Gasteiger charge is -2.15. The Kier molecular flexibility index (Phi) is 5.12. The summed E-state index contributed by atoms with van der Waals surface area (Å²) >= 11 is 0. The zero-order valence-electron chi connectivity index (χ0n) is 10.3. The van der Waals surface area contributed by atoms with Gasteiger partial charge in [-0.3, -0.25) is 0 Å². The molecule has 1 aromatic rings. The van der Waals surface area contributed by atoms with Gasteiger partial charge in [0, 0.05) is 6.04 Å². The third-order valence-corrected chi connectivity index (χ3v) is 2.52. The minimum Gasteiger partial charge on any atom is -0.493 e. The Morgan fingerprint density at radius 3 is 2.56 bits per heavy atom. The van der Waals surface area contributed by atoms with Crippen molar-refractivity contribution < 1.29 is 9.47 Å². The predicted octanol–water partition coefficient (Wildman–Crippen LogP) is 2.89. The number of ether oxygens (including phenoxy) is 2. The molecule has 0 unspecified atom stereocenters. The van der Waals surface area contributed by atoms with Crippen molar-refractivity contribution in [2.75, 3.05) is 13.7 Å². The summed E-state index contributed by atoms with van der Waals surface area (Å²) in [6, 6.07) is 5.97. The van der Waals surface area contributed by atoms with Gasteiger partial charge in [0.25, 0.3) is 0 Å². The first-order valence-corrected chi connectivity index (χ1v) is 5.79. The fourth-order valence-electron chi connectivity index (χ4n) is 1.67. The van der Waals surface area contributed by atoms with Crippen LogP contribution in [0.3, 0.4) is 0 Å². The fourth-order valence-corrected chi connectivity index (χ4v) is 1.67. The number of hydrogen-bond donors (Lipinski definition) is 1. The average molecular weight is 223 g/mol. The summed E-state index contributed by atoms with van der Waals surface area (Å²) in [7, 11) is 1.64. The van der Waals surface area contributed by atoms with E-state index in [1.807, 2.05) is 25.1 Å². The maximum atomic E-state index is 6.07. The van der Waals surface area contributed by atoms with E-state index in [4.69, 9.17) is 15.2 Å². The molecule has 2 N–H and O–H groups in total. The molecule has 1 atom stereocenters. The van der Waals surface area contributed by atoms with Gasteiger partial charge in [-0.15, -0.1) is 0 Å². The molecule has 3 heteroatoms. The lowest BCUT2D eigenvalue weighted by Crippen LogP contribution is -2.10. The number of hydrogen-bond acceptors (Lipinski definition) is 3. The van der Waals surface area contributed by atoms with Crippen molar-refractivity contribution in [3.05, 3.63) is 23.8 Å².